The minimum Gasteiger partial charge on any atom is -0.472 e. The van der Waals surface area contributed by atoms with Gasteiger partial charge in [0.2, 0.25) is 5.91 Å². The van der Waals surface area contributed by atoms with Crippen molar-refractivity contribution in [2.75, 3.05) is 17.3 Å². The fourth-order valence-corrected chi connectivity index (χ4v) is 2.40. The highest BCUT2D eigenvalue weighted by atomic mass is 32.2. The highest BCUT2D eigenvalue weighted by Crippen LogP contribution is 2.12. The molecule has 122 valence electrons. The first kappa shape index (κ1) is 17.1. The molecule has 1 atom stereocenters. The minimum atomic E-state index is -0.645. The first-order valence-corrected chi connectivity index (χ1v) is 8.71. The lowest BCUT2D eigenvalue weighted by Gasteiger charge is -2.14. The number of carbonyl (C=O) groups excluding carboxylic acids is 2. The molecule has 0 bridgehead atoms. The van der Waals surface area contributed by atoms with Crippen molar-refractivity contribution >= 4 is 29.3 Å². The van der Waals surface area contributed by atoms with Gasteiger partial charge in [-0.15, -0.1) is 0 Å². The summed E-state index contributed by atoms with van der Waals surface area (Å²) in [6.45, 7) is 1.64. The average molecular weight is 332 g/mol. The number of benzene rings is 1. The highest BCUT2D eigenvalue weighted by Gasteiger charge is 2.17. The summed E-state index contributed by atoms with van der Waals surface area (Å²) in [4.78, 5) is 24.0. The minimum absolute atomic E-state index is 0.265. The Bertz CT molecular complexity index is 638. The number of thioether (sulfide) groups is 1. The lowest BCUT2D eigenvalue weighted by molar-refractivity contribution is -0.117. The van der Waals surface area contributed by atoms with Crippen LogP contribution in [-0.4, -0.2) is 29.9 Å². The topological polar surface area (TPSA) is 71.3 Å². The first-order valence-electron chi connectivity index (χ1n) is 7.32. The van der Waals surface area contributed by atoms with Crippen molar-refractivity contribution in [3.63, 3.8) is 0 Å². The zero-order valence-corrected chi connectivity index (χ0v) is 14.0. The standard InChI is InChI=1S/C17H20N2O3S/c1-12(18-17(21)14-7-9-22-11-14)16(20)19-15-5-3-13(4-6-15)8-10-23-2/h3-7,9,11-12H,8,10H2,1-2H3,(H,18,21)(H,19,20)/t12-/m0/s1. The van der Waals surface area contributed by atoms with E-state index >= 15 is 0 Å². The van der Waals surface area contributed by atoms with Gasteiger partial charge < -0.3 is 15.1 Å². The molecule has 0 fully saturated rings. The van der Waals surface area contributed by atoms with Gasteiger partial charge in [0.15, 0.2) is 0 Å². The largest absolute Gasteiger partial charge is 0.472 e. The Kier molecular flexibility index (Phi) is 6.29. The number of carbonyl (C=O) groups is 2. The number of furan rings is 1. The van der Waals surface area contributed by atoms with E-state index in [1.54, 1.807) is 24.8 Å². The molecule has 0 aliphatic carbocycles. The number of nitrogens with one attached hydrogen (secondary N) is 2. The second-order valence-corrected chi connectivity index (χ2v) is 6.12. The molecule has 1 aromatic carbocycles. The van der Waals surface area contributed by atoms with Gasteiger partial charge in [0.05, 0.1) is 11.8 Å². The van der Waals surface area contributed by atoms with Gasteiger partial charge in [0.25, 0.3) is 5.91 Å². The van der Waals surface area contributed by atoms with Crippen molar-refractivity contribution in [1.29, 1.82) is 0 Å². The molecule has 0 unspecified atom stereocenters. The summed E-state index contributed by atoms with van der Waals surface area (Å²) in [5.41, 5.74) is 2.34. The van der Waals surface area contributed by atoms with Crippen LogP contribution in [-0.2, 0) is 11.2 Å². The monoisotopic (exact) mass is 332 g/mol. The van der Waals surface area contributed by atoms with Crippen molar-refractivity contribution in [3.8, 4) is 0 Å². The molecule has 0 saturated heterocycles. The molecule has 2 N–H and O–H groups in total. The Labute approximate surface area is 139 Å². The maximum Gasteiger partial charge on any atom is 0.255 e. The van der Waals surface area contributed by atoms with Crippen LogP contribution in [0.2, 0.25) is 0 Å². The van der Waals surface area contributed by atoms with Crippen LogP contribution < -0.4 is 10.6 Å². The van der Waals surface area contributed by atoms with Crippen molar-refractivity contribution in [3.05, 3.63) is 54.0 Å². The molecule has 23 heavy (non-hydrogen) atoms. The predicted octanol–water partition coefficient (Wildman–Crippen LogP) is 2.94. The molecule has 0 aliphatic heterocycles. The van der Waals surface area contributed by atoms with Gasteiger partial charge in [0.1, 0.15) is 12.3 Å². The van der Waals surface area contributed by atoms with Crippen LogP contribution in [0.1, 0.15) is 22.8 Å². The lowest BCUT2D eigenvalue weighted by atomic mass is 10.1. The van der Waals surface area contributed by atoms with Crippen LogP contribution in [0.4, 0.5) is 5.69 Å². The highest BCUT2D eigenvalue weighted by molar-refractivity contribution is 7.98. The number of aryl methyl sites for hydroxylation is 1. The summed E-state index contributed by atoms with van der Waals surface area (Å²) in [5.74, 6) is 0.468. The third-order valence-electron chi connectivity index (χ3n) is 3.34. The van der Waals surface area contributed by atoms with Gasteiger partial charge in [-0.25, -0.2) is 0 Å². The molecule has 5 nitrogen and oxygen atoms in total. The number of hydrogen-bond donors (Lipinski definition) is 2. The molecule has 0 aliphatic rings. The molecule has 1 heterocycles. The van der Waals surface area contributed by atoms with E-state index < -0.39 is 6.04 Å². The molecule has 1 aromatic heterocycles. The Morgan fingerprint density at radius 3 is 2.57 bits per heavy atom. The van der Waals surface area contributed by atoms with Gasteiger partial charge in [-0.05, 0) is 49.1 Å². The molecule has 6 heteroatoms. The fourth-order valence-electron chi connectivity index (χ4n) is 1.96. The van der Waals surface area contributed by atoms with E-state index in [0.717, 1.165) is 12.2 Å². The molecule has 2 rings (SSSR count). The number of rotatable bonds is 7. The van der Waals surface area contributed by atoms with Crippen LogP contribution in [0.15, 0.2) is 47.3 Å². The van der Waals surface area contributed by atoms with Crippen molar-refractivity contribution < 1.29 is 14.0 Å². The summed E-state index contributed by atoms with van der Waals surface area (Å²) in [6.07, 6.45) is 5.84. The molecular weight excluding hydrogens is 312 g/mol. The van der Waals surface area contributed by atoms with Crippen LogP contribution in [0.25, 0.3) is 0 Å². The number of hydrogen-bond acceptors (Lipinski definition) is 4. The van der Waals surface area contributed by atoms with E-state index in [2.05, 4.69) is 16.9 Å². The fraction of sp³-hybridized carbons (Fsp3) is 0.294. The van der Waals surface area contributed by atoms with E-state index in [1.165, 1.54) is 18.1 Å². The number of anilines is 1. The second kappa shape index (κ2) is 8.43. The normalized spacial score (nSPS) is 11.7. The Morgan fingerprint density at radius 2 is 1.96 bits per heavy atom. The molecule has 0 spiro atoms. The van der Waals surface area contributed by atoms with Gasteiger partial charge in [-0.2, -0.15) is 11.8 Å². The van der Waals surface area contributed by atoms with Crippen LogP contribution in [0.5, 0.6) is 0 Å². The summed E-state index contributed by atoms with van der Waals surface area (Å²) in [5, 5.41) is 5.42. The maximum atomic E-state index is 12.1. The lowest BCUT2D eigenvalue weighted by Crippen LogP contribution is -2.41. The first-order chi connectivity index (χ1) is 11.1. The van der Waals surface area contributed by atoms with Gasteiger partial charge in [0, 0.05) is 5.69 Å². The Hall–Kier alpha value is -2.21. The SMILES string of the molecule is CSCCc1ccc(NC(=O)[C@H](C)NC(=O)c2ccoc2)cc1. The zero-order chi connectivity index (χ0) is 16.7. The zero-order valence-electron chi connectivity index (χ0n) is 13.2. The summed E-state index contributed by atoms with van der Waals surface area (Å²) in [6, 6.07) is 8.65. The summed E-state index contributed by atoms with van der Waals surface area (Å²) < 4.78 is 4.85. The van der Waals surface area contributed by atoms with Crippen molar-refractivity contribution in [2.24, 2.45) is 0 Å². The van der Waals surface area contributed by atoms with Crippen molar-refractivity contribution in [2.45, 2.75) is 19.4 Å². The smallest absolute Gasteiger partial charge is 0.255 e. The molecule has 2 amide bonds. The van der Waals surface area contributed by atoms with Gasteiger partial charge in [-0.3, -0.25) is 9.59 Å². The Morgan fingerprint density at radius 1 is 1.22 bits per heavy atom. The summed E-state index contributed by atoms with van der Waals surface area (Å²) >= 11 is 1.80. The van der Waals surface area contributed by atoms with E-state index in [9.17, 15) is 9.59 Å². The molecular formula is C17H20N2O3S. The average Bonchev–Trinajstić information content (AvgIpc) is 3.08. The number of amides is 2. The van der Waals surface area contributed by atoms with Crippen LogP contribution in [0, 0.1) is 0 Å². The molecule has 0 saturated carbocycles. The third kappa shape index (κ3) is 5.17. The third-order valence-corrected chi connectivity index (χ3v) is 3.95. The Balaban J connectivity index is 1.86. The van der Waals surface area contributed by atoms with Gasteiger partial charge >= 0.3 is 0 Å². The van der Waals surface area contributed by atoms with Crippen LogP contribution in [0.3, 0.4) is 0 Å². The molecule has 0 radical (unpaired) electrons. The van der Waals surface area contributed by atoms with E-state index in [0.29, 0.717) is 11.3 Å². The van der Waals surface area contributed by atoms with Crippen LogP contribution >= 0.6 is 11.8 Å². The van der Waals surface area contributed by atoms with E-state index in [1.807, 2.05) is 24.3 Å². The van der Waals surface area contributed by atoms with Crippen molar-refractivity contribution in [1.82, 2.24) is 5.32 Å². The predicted molar refractivity (Wildman–Crippen MR) is 92.8 cm³/mol. The quantitative estimate of drug-likeness (QED) is 0.818. The second-order valence-electron chi connectivity index (χ2n) is 5.14. The maximum absolute atomic E-state index is 12.1. The van der Waals surface area contributed by atoms with E-state index in [-0.39, 0.29) is 11.8 Å². The molecule has 2 aromatic rings. The summed E-state index contributed by atoms with van der Waals surface area (Å²) in [7, 11) is 0. The van der Waals surface area contributed by atoms with E-state index in [4.69, 9.17) is 4.42 Å². The van der Waals surface area contributed by atoms with Gasteiger partial charge in [-0.1, -0.05) is 12.1 Å².